The molecule has 27 heavy (non-hydrogen) atoms. The van der Waals surface area contributed by atoms with Gasteiger partial charge in [0.2, 0.25) is 0 Å². The third kappa shape index (κ3) is 7.13. The number of rotatable bonds is 9. The van der Waals surface area contributed by atoms with Crippen LogP contribution in [0.4, 0.5) is 13.6 Å². The highest BCUT2D eigenvalue weighted by Crippen LogP contribution is 2.29. The number of urea groups is 1. The zero-order chi connectivity index (χ0) is 19.6. The molecule has 0 fully saturated rings. The summed E-state index contributed by atoms with van der Waals surface area (Å²) >= 11 is 0. The number of benzene rings is 2. The van der Waals surface area contributed by atoms with E-state index in [-0.39, 0.29) is 30.1 Å². The molecule has 2 amide bonds. The van der Waals surface area contributed by atoms with Gasteiger partial charge < -0.3 is 20.1 Å². The summed E-state index contributed by atoms with van der Waals surface area (Å²) in [7, 11) is 1.37. The number of hydrogen-bond acceptors (Lipinski definition) is 3. The molecule has 5 nitrogen and oxygen atoms in total. The van der Waals surface area contributed by atoms with Crippen LogP contribution in [-0.4, -0.2) is 25.8 Å². The highest BCUT2D eigenvalue weighted by molar-refractivity contribution is 5.74. The van der Waals surface area contributed by atoms with E-state index in [4.69, 9.17) is 4.74 Å². The Morgan fingerprint density at radius 2 is 1.81 bits per heavy atom. The smallest absolute Gasteiger partial charge is 0.387 e. The number of carbonyl (C=O) groups excluding carboxylic acids is 1. The van der Waals surface area contributed by atoms with Crippen LogP contribution in [0.5, 0.6) is 11.5 Å². The van der Waals surface area contributed by atoms with E-state index in [0.717, 1.165) is 12.8 Å². The molecule has 0 bridgehead atoms. The summed E-state index contributed by atoms with van der Waals surface area (Å²) in [6.07, 6.45) is 1.70. The van der Waals surface area contributed by atoms with E-state index in [1.807, 2.05) is 25.1 Å². The monoisotopic (exact) mass is 378 g/mol. The lowest BCUT2D eigenvalue weighted by Crippen LogP contribution is -2.40. The Hall–Kier alpha value is -2.83. The first kappa shape index (κ1) is 20.5. The highest BCUT2D eigenvalue weighted by atomic mass is 19.3. The van der Waals surface area contributed by atoms with Crippen LogP contribution in [0, 0.1) is 0 Å². The van der Waals surface area contributed by atoms with Crippen LogP contribution in [0.3, 0.4) is 0 Å². The fraction of sp³-hybridized carbons (Fsp3) is 0.350. The van der Waals surface area contributed by atoms with E-state index in [0.29, 0.717) is 5.56 Å². The molecular formula is C20H24F2N2O3. The van der Waals surface area contributed by atoms with Crippen LogP contribution in [0.25, 0.3) is 0 Å². The summed E-state index contributed by atoms with van der Waals surface area (Å²) < 4.78 is 34.1. The molecule has 0 aliphatic rings. The van der Waals surface area contributed by atoms with Crippen molar-refractivity contribution >= 4 is 6.03 Å². The molecule has 0 radical (unpaired) electrons. The molecule has 0 saturated carbocycles. The van der Waals surface area contributed by atoms with Crippen molar-refractivity contribution in [1.29, 1.82) is 0 Å². The van der Waals surface area contributed by atoms with Gasteiger partial charge >= 0.3 is 12.6 Å². The molecule has 2 N–H and O–H groups in total. The second kappa shape index (κ2) is 10.4. The molecule has 0 aliphatic heterocycles. The van der Waals surface area contributed by atoms with Crippen LogP contribution < -0.4 is 20.1 Å². The standard InChI is InChI=1S/C20H24F2N2O3/c1-14(8-9-15-6-4-3-5-7-15)24-20(25)23-13-16-10-11-17(27-19(21)22)18(12-16)26-2/h3-7,10-12,14,19H,8-9,13H2,1-2H3,(H2,23,24,25). The molecule has 0 aliphatic carbocycles. The summed E-state index contributed by atoms with van der Waals surface area (Å²) in [5.41, 5.74) is 1.94. The second-order valence-electron chi connectivity index (χ2n) is 6.12. The minimum absolute atomic E-state index is 0.0153. The Morgan fingerprint density at radius 3 is 2.48 bits per heavy atom. The van der Waals surface area contributed by atoms with Gasteiger partial charge in [0.15, 0.2) is 11.5 Å². The van der Waals surface area contributed by atoms with Crippen LogP contribution in [0.15, 0.2) is 48.5 Å². The van der Waals surface area contributed by atoms with Crippen LogP contribution in [0.2, 0.25) is 0 Å². The zero-order valence-electron chi connectivity index (χ0n) is 15.4. The Labute approximate surface area is 157 Å². The molecule has 1 atom stereocenters. The molecule has 0 aromatic heterocycles. The van der Waals surface area contributed by atoms with Gasteiger partial charge in [-0.15, -0.1) is 0 Å². The second-order valence-corrected chi connectivity index (χ2v) is 6.12. The van der Waals surface area contributed by atoms with Crippen molar-refractivity contribution in [2.45, 2.75) is 39.0 Å². The molecule has 0 saturated heterocycles. The minimum atomic E-state index is -2.92. The van der Waals surface area contributed by atoms with Crippen molar-refractivity contribution in [3.8, 4) is 11.5 Å². The molecule has 1 unspecified atom stereocenters. The number of alkyl halides is 2. The lowest BCUT2D eigenvalue weighted by Gasteiger charge is -2.15. The van der Waals surface area contributed by atoms with Gasteiger partial charge in [-0.1, -0.05) is 36.4 Å². The summed E-state index contributed by atoms with van der Waals surface area (Å²) in [6, 6.07) is 14.3. The van der Waals surface area contributed by atoms with Crippen molar-refractivity contribution in [3.05, 3.63) is 59.7 Å². The molecule has 2 aromatic rings. The SMILES string of the molecule is COc1cc(CNC(=O)NC(C)CCc2ccccc2)ccc1OC(F)F. The number of ether oxygens (including phenoxy) is 2. The predicted octanol–water partition coefficient (Wildman–Crippen LogP) is 4.12. The average Bonchev–Trinajstić information content (AvgIpc) is 2.66. The van der Waals surface area contributed by atoms with E-state index in [1.54, 1.807) is 12.1 Å². The highest BCUT2D eigenvalue weighted by Gasteiger charge is 2.12. The molecule has 7 heteroatoms. The summed E-state index contributed by atoms with van der Waals surface area (Å²) in [4.78, 5) is 12.0. The fourth-order valence-corrected chi connectivity index (χ4v) is 2.57. The van der Waals surface area contributed by atoms with E-state index >= 15 is 0 Å². The lowest BCUT2D eigenvalue weighted by molar-refractivity contribution is -0.0512. The topological polar surface area (TPSA) is 59.6 Å². The van der Waals surface area contributed by atoms with Crippen LogP contribution >= 0.6 is 0 Å². The maximum Gasteiger partial charge on any atom is 0.387 e. The Balaban J connectivity index is 1.79. The average molecular weight is 378 g/mol. The van der Waals surface area contributed by atoms with Crippen molar-refractivity contribution in [2.75, 3.05) is 7.11 Å². The van der Waals surface area contributed by atoms with E-state index in [2.05, 4.69) is 27.5 Å². The molecule has 2 rings (SSSR count). The van der Waals surface area contributed by atoms with Crippen molar-refractivity contribution in [1.82, 2.24) is 10.6 Å². The number of methoxy groups -OCH3 is 1. The molecule has 146 valence electrons. The number of amides is 2. The maximum atomic E-state index is 12.3. The maximum absolute atomic E-state index is 12.3. The summed E-state index contributed by atoms with van der Waals surface area (Å²) in [5, 5.41) is 5.63. The molecule has 0 heterocycles. The number of carbonyl (C=O) groups is 1. The number of halogens is 2. The largest absolute Gasteiger partial charge is 0.493 e. The first-order valence-corrected chi connectivity index (χ1v) is 8.68. The Bertz CT molecular complexity index is 726. The quantitative estimate of drug-likeness (QED) is 0.690. The number of hydrogen-bond donors (Lipinski definition) is 2. The van der Waals surface area contributed by atoms with Gasteiger partial charge in [0.25, 0.3) is 0 Å². The first-order valence-electron chi connectivity index (χ1n) is 8.68. The molecule has 0 spiro atoms. The summed E-state index contributed by atoms with van der Waals surface area (Å²) in [5.74, 6) is 0.140. The normalized spacial score (nSPS) is 11.7. The number of nitrogens with one attached hydrogen (secondary N) is 2. The van der Waals surface area contributed by atoms with Crippen molar-refractivity contribution < 1.29 is 23.0 Å². The Morgan fingerprint density at radius 1 is 1.07 bits per heavy atom. The third-order valence-electron chi connectivity index (χ3n) is 3.98. The first-order chi connectivity index (χ1) is 13.0. The van der Waals surface area contributed by atoms with E-state index in [1.165, 1.54) is 18.7 Å². The van der Waals surface area contributed by atoms with Gasteiger partial charge in [-0.05, 0) is 43.0 Å². The molecule has 2 aromatic carbocycles. The van der Waals surface area contributed by atoms with Gasteiger partial charge in [-0.3, -0.25) is 0 Å². The minimum Gasteiger partial charge on any atom is -0.493 e. The van der Waals surface area contributed by atoms with Gasteiger partial charge in [0.05, 0.1) is 7.11 Å². The lowest BCUT2D eigenvalue weighted by atomic mass is 10.1. The molecular weight excluding hydrogens is 354 g/mol. The summed E-state index contributed by atoms with van der Waals surface area (Å²) in [6.45, 7) is -0.740. The third-order valence-corrected chi connectivity index (χ3v) is 3.98. The number of aryl methyl sites for hydroxylation is 1. The van der Waals surface area contributed by atoms with Gasteiger partial charge in [-0.25, -0.2) is 4.79 Å². The van der Waals surface area contributed by atoms with Crippen LogP contribution in [-0.2, 0) is 13.0 Å². The van der Waals surface area contributed by atoms with E-state index < -0.39 is 6.61 Å². The van der Waals surface area contributed by atoms with E-state index in [9.17, 15) is 13.6 Å². The van der Waals surface area contributed by atoms with Crippen molar-refractivity contribution in [3.63, 3.8) is 0 Å². The van der Waals surface area contributed by atoms with Gasteiger partial charge in [0.1, 0.15) is 0 Å². The predicted molar refractivity (Wildman–Crippen MR) is 99.2 cm³/mol. The van der Waals surface area contributed by atoms with Gasteiger partial charge in [0, 0.05) is 12.6 Å². The Kier molecular flexibility index (Phi) is 7.85. The van der Waals surface area contributed by atoms with Gasteiger partial charge in [-0.2, -0.15) is 8.78 Å². The van der Waals surface area contributed by atoms with Crippen LogP contribution in [0.1, 0.15) is 24.5 Å². The van der Waals surface area contributed by atoms with Crippen molar-refractivity contribution in [2.24, 2.45) is 0 Å². The fourth-order valence-electron chi connectivity index (χ4n) is 2.57. The zero-order valence-corrected chi connectivity index (χ0v) is 15.4.